The second-order valence-corrected chi connectivity index (χ2v) is 5.25. The molecule has 0 aromatic heterocycles. The van der Waals surface area contributed by atoms with Crippen LogP contribution in [0.2, 0.25) is 0 Å². The van der Waals surface area contributed by atoms with Gasteiger partial charge in [0.15, 0.2) is 10.6 Å². The molecule has 2 atom stereocenters. The molecule has 0 heterocycles. The van der Waals surface area contributed by atoms with Gasteiger partial charge in [-0.2, -0.15) is 0 Å². The molecule has 0 saturated heterocycles. The number of hydrogen-bond acceptors (Lipinski definition) is 4. The summed E-state index contributed by atoms with van der Waals surface area (Å²) in [5.41, 5.74) is 0. The monoisotopic (exact) mass is 338 g/mol. The van der Waals surface area contributed by atoms with Crippen LogP contribution in [0.4, 0.5) is 0 Å². The molecule has 0 spiro atoms. The van der Waals surface area contributed by atoms with Gasteiger partial charge in [-0.1, -0.05) is 45.5 Å². The van der Waals surface area contributed by atoms with Gasteiger partial charge in [0.05, 0.1) is 0 Å². The van der Waals surface area contributed by atoms with Gasteiger partial charge >= 0.3 is 32.5 Å². The first-order valence-electron chi connectivity index (χ1n) is 5.00. The van der Waals surface area contributed by atoms with Gasteiger partial charge < -0.3 is 9.79 Å². The van der Waals surface area contributed by atoms with Gasteiger partial charge in [-0.05, 0) is 24.3 Å². The Morgan fingerprint density at radius 3 is 1.05 bits per heavy atom. The maximum Gasteiger partial charge on any atom is 2.00 e. The maximum atomic E-state index is 10.2. The summed E-state index contributed by atoms with van der Waals surface area (Å²) in [6.07, 6.45) is 0. The van der Waals surface area contributed by atoms with Gasteiger partial charge in [0.2, 0.25) is 0 Å². The summed E-state index contributed by atoms with van der Waals surface area (Å²) in [6, 6.07) is 16.6. The molecule has 19 heavy (non-hydrogen) atoms. The van der Waals surface area contributed by atoms with E-state index in [1.54, 1.807) is 60.7 Å². The van der Waals surface area contributed by atoms with E-state index >= 15 is 0 Å². The van der Waals surface area contributed by atoms with Crippen LogP contribution >= 0.6 is 16.1 Å². The smallest absolute Gasteiger partial charge is 0.591 e. The van der Waals surface area contributed by atoms with Crippen molar-refractivity contribution in [2.45, 2.75) is 0 Å². The van der Waals surface area contributed by atoms with E-state index in [2.05, 4.69) is 0 Å². The van der Waals surface area contributed by atoms with Gasteiger partial charge in [-0.25, -0.2) is 0 Å². The summed E-state index contributed by atoms with van der Waals surface area (Å²) in [6.45, 7) is 0. The van der Waals surface area contributed by atoms with Gasteiger partial charge in [-0.15, -0.1) is 0 Å². The molecule has 0 radical (unpaired) electrons. The van der Waals surface area contributed by atoms with Gasteiger partial charge in [0, 0.05) is 0 Å². The number of hydrogen-bond donors (Lipinski definition) is 0. The van der Waals surface area contributed by atoms with Crippen LogP contribution in [-0.2, 0) is 25.6 Å². The number of benzene rings is 2. The molecule has 0 bridgehead atoms. The summed E-state index contributed by atoms with van der Waals surface area (Å²) in [7, 11) is -4.79. The molecular formula is C12H10NiO4P2+2. The third-order valence-electron chi connectivity index (χ3n) is 1.93. The summed E-state index contributed by atoms with van der Waals surface area (Å²) < 4.78 is 20.5. The molecule has 2 aromatic rings. The molecule has 0 amide bonds. The first-order valence-corrected chi connectivity index (χ1v) is 7.35. The Morgan fingerprint density at radius 2 is 0.895 bits per heavy atom. The number of rotatable bonds is 2. The second-order valence-electron chi connectivity index (χ2n) is 3.19. The third kappa shape index (κ3) is 7.27. The van der Waals surface area contributed by atoms with E-state index in [0.717, 1.165) is 0 Å². The molecule has 2 unspecified atom stereocenters. The summed E-state index contributed by atoms with van der Waals surface area (Å²) in [5.74, 6) is 0. The third-order valence-corrected chi connectivity index (χ3v) is 3.37. The molecule has 0 aliphatic heterocycles. The Balaban J connectivity index is 0.000000324. The van der Waals surface area contributed by atoms with E-state index in [9.17, 15) is 18.9 Å². The van der Waals surface area contributed by atoms with Crippen LogP contribution in [0.5, 0.6) is 0 Å². The van der Waals surface area contributed by atoms with Crippen molar-refractivity contribution in [1.82, 2.24) is 0 Å². The SMILES string of the molecule is O=[P+]([O-])c1ccccc1.O=[P+]([O-])c1ccccc1.[Ni+2]. The minimum absolute atomic E-state index is 0. The zero-order chi connectivity index (χ0) is 13.4. The molecule has 7 heteroatoms. The van der Waals surface area contributed by atoms with Gasteiger partial charge in [0.25, 0.3) is 0 Å². The maximum absolute atomic E-state index is 10.2. The molecule has 4 nitrogen and oxygen atoms in total. The quantitative estimate of drug-likeness (QED) is 0.600. The predicted molar refractivity (Wildman–Crippen MR) is 67.4 cm³/mol. The minimum Gasteiger partial charge on any atom is -0.591 e. The van der Waals surface area contributed by atoms with Crippen LogP contribution in [0.25, 0.3) is 0 Å². The Labute approximate surface area is 123 Å². The van der Waals surface area contributed by atoms with E-state index in [-0.39, 0.29) is 16.5 Å². The molecule has 0 aliphatic carbocycles. The molecule has 0 aliphatic rings. The standard InChI is InChI=1S/2C6H5O2P.Ni/c2*7-9(8)6-4-2-1-3-5-6;/h2*1-5H;/q;;+2. The first-order chi connectivity index (χ1) is 8.61. The van der Waals surface area contributed by atoms with Crippen LogP contribution in [0.15, 0.2) is 60.7 Å². The molecule has 100 valence electrons. The summed E-state index contributed by atoms with van der Waals surface area (Å²) >= 11 is 0. The summed E-state index contributed by atoms with van der Waals surface area (Å²) in [5, 5.41) is 0.736. The van der Waals surface area contributed by atoms with E-state index in [0.29, 0.717) is 10.6 Å². The van der Waals surface area contributed by atoms with Crippen LogP contribution in [0, 0.1) is 0 Å². The van der Waals surface area contributed by atoms with Crippen molar-refractivity contribution < 1.29 is 35.4 Å². The van der Waals surface area contributed by atoms with E-state index in [1.807, 2.05) is 0 Å². The van der Waals surface area contributed by atoms with E-state index in [4.69, 9.17) is 0 Å². The van der Waals surface area contributed by atoms with Gasteiger partial charge in [0.1, 0.15) is 0 Å². The van der Waals surface area contributed by atoms with Crippen molar-refractivity contribution in [3.05, 3.63) is 60.7 Å². The zero-order valence-electron chi connectivity index (χ0n) is 9.62. The molecule has 2 rings (SSSR count). The van der Waals surface area contributed by atoms with Crippen molar-refractivity contribution in [2.24, 2.45) is 0 Å². The van der Waals surface area contributed by atoms with E-state index in [1.165, 1.54) is 0 Å². The van der Waals surface area contributed by atoms with Crippen molar-refractivity contribution in [3.63, 3.8) is 0 Å². The average Bonchev–Trinajstić information content (AvgIpc) is 2.41. The minimum atomic E-state index is -2.40. The molecule has 0 saturated carbocycles. The van der Waals surface area contributed by atoms with Crippen LogP contribution in [-0.4, -0.2) is 0 Å². The Morgan fingerprint density at radius 1 is 0.632 bits per heavy atom. The van der Waals surface area contributed by atoms with Crippen LogP contribution < -0.4 is 20.4 Å². The van der Waals surface area contributed by atoms with Crippen molar-refractivity contribution >= 4 is 26.7 Å². The first kappa shape index (κ1) is 18.1. The molecule has 0 fully saturated rings. The van der Waals surface area contributed by atoms with Crippen molar-refractivity contribution in [2.75, 3.05) is 0 Å². The normalized spacial score (nSPS) is 10.4. The zero-order valence-corrected chi connectivity index (χ0v) is 12.4. The van der Waals surface area contributed by atoms with Crippen molar-refractivity contribution in [1.29, 1.82) is 0 Å². The largest absolute Gasteiger partial charge is 2.00 e. The topological polar surface area (TPSA) is 80.3 Å². The Hall–Kier alpha value is -0.946. The predicted octanol–water partition coefficient (Wildman–Crippen LogP) is 0.827. The Kier molecular flexibility index (Phi) is 9.42. The van der Waals surface area contributed by atoms with Crippen LogP contribution in [0.3, 0.4) is 0 Å². The van der Waals surface area contributed by atoms with E-state index < -0.39 is 16.1 Å². The fourth-order valence-corrected chi connectivity index (χ4v) is 1.93. The molecule has 2 aromatic carbocycles. The molecular weight excluding hydrogens is 329 g/mol. The van der Waals surface area contributed by atoms with Crippen LogP contribution in [0.1, 0.15) is 0 Å². The fourth-order valence-electron chi connectivity index (χ4n) is 1.10. The fraction of sp³-hybridized carbons (Fsp3) is 0. The van der Waals surface area contributed by atoms with Crippen molar-refractivity contribution in [3.8, 4) is 0 Å². The summed E-state index contributed by atoms with van der Waals surface area (Å²) in [4.78, 5) is 20.5. The Bertz CT molecular complexity index is 470. The average molecular weight is 339 g/mol. The molecule has 0 N–H and O–H groups in total. The second kappa shape index (κ2) is 9.92. The van der Waals surface area contributed by atoms with Gasteiger partial charge in [-0.3, -0.25) is 0 Å².